The number of hydrogen-bond donors (Lipinski definition) is 0. The van der Waals surface area contributed by atoms with E-state index in [-0.39, 0.29) is 128 Å². The molecule has 0 aliphatic carbocycles. The zero-order valence-corrected chi connectivity index (χ0v) is 30.5. The summed E-state index contributed by atoms with van der Waals surface area (Å²) in [6.07, 6.45) is 0.117. The normalized spacial score (nSPS) is 15.7. The molecule has 0 aliphatic rings. The molecule has 11 rings (SSSR count). The van der Waals surface area contributed by atoms with Crippen molar-refractivity contribution in [2.24, 2.45) is 0 Å². The van der Waals surface area contributed by atoms with E-state index in [1.54, 1.807) is 24.3 Å². The van der Waals surface area contributed by atoms with Gasteiger partial charge in [0.15, 0.2) is 0 Å². The van der Waals surface area contributed by atoms with Crippen molar-refractivity contribution in [2.45, 2.75) is 25.7 Å². The molecule has 10 aromatic carbocycles. The highest BCUT2D eigenvalue weighted by molar-refractivity contribution is 6.10. The van der Waals surface area contributed by atoms with Crippen LogP contribution in [0.25, 0.3) is 65.0 Å². The zero-order chi connectivity index (χ0) is 51.6. The summed E-state index contributed by atoms with van der Waals surface area (Å²) in [6.45, 7) is 0. The summed E-state index contributed by atoms with van der Waals surface area (Å²) in [4.78, 5) is 0. The number of rotatable bonds is 8. The Morgan fingerprint density at radius 3 is 1.18 bits per heavy atom. The van der Waals surface area contributed by atoms with Crippen LogP contribution in [0.15, 0.2) is 198 Å². The molecule has 1 aromatic heterocycles. The Bertz CT molecular complexity index is 4050. The van der Waals surface area contributed by atoms with E-state index in [1.807, 2.05) is 72.8 Å². The van der Waals surface area contributed by atoms with Crippen LogP contribution in [-0.2, 0) is 25.7 Å². The zero-order valence-electron chi connectivity index (χ0n) is 46.5. The molecule has 0 fully saturated rings. The van der Waals surface area contributed by atoms with Gasteiger partial charge >= 0.3 is 0 Å². The molecular formula is C56H40O. The van der Waals surface area contributed by atoms with Crippen molar-refractivity contribution in [3.8, 4) is 0 Å². The van der Waals surface area contributed by atoms with Gasteiger partial charge in [0.1, 0.15) is 11.2 Å². The molecule has 0 saturated heterocycles. The van der Waals surface area contributed by atoms with Gasteiger partial charge in [0.25, 0.3) is 0 Å². The second kappa shape index (κ2) is 14.0. The van der Waals surface area contributed by atoms with Crippen molar-refractivity contribution in [1.82, 2.24) is 0 Å². The average Bonchev–Trinajstić information content (AvgIpc) is 3.77. The summed E-state index contributed by atoms with van der Waals surface area (Å²) in [5.74, 6) is 0. The number of fused-ring (bicyclic) bond motifs is 7. The first-order valence-electron chi connectivity index (χ1n) is 26.8. The van der Waals surface area contributed by atoms with Crippen LogP contribution in [-0.4, -0.2) is 0 Å². The van der Waals surface area contributed by atoms with Gasteiger partial charge in [-0.1, -0.05) is 176 Å². The predicted octanol–water partition coefficient (Wildman–Crippen LogP) is 14.6. The lowest BCUT2D eigenvalue weighted by molar-refractivity contribution is 0.668. The lowest BCUT2D eigenvalue weighted by Crippen LogP contribution is -1.99. The maximum atomic E-state index is 9.40. The van der Waals surface area contributed by atoms with Crippen LogP contribution < -0.4 is 0 Å². The summed E-state index contributed by atoms with van der Waals surface area (Å²) in [5, 5.41) is 2.35. The van der Waals surface area contributed by atoms with Gasteiger partial charge in [-0.25, -0.2) is 0 Å². The van der Waals surface area contributed by atoms with Crippen molar-refractivity contribution >= 4 is 65.0 Å². The van der Waals surface area contributed by atoms with Gasteiger partial charge in [-0.2, -0.15) is 0 Å². The summed E-state index contributed by atoms with van der Waals surface area (Å²) in [6, 6.07) is 22.5. The minimum Gasteiger partial charge on any atom is -0.456 e. The molecule has 1 heteroatoms. The van der Waals surface area contributed by atoms with Gasteiger partial charge in [-0.3, -0.25) is 0 Å². The third kappa shape index (κ3) is 5.86. The Hall–Kier alpha value is -6.96. The topological polar surface area (TPSA) is 13.1 Å². The first kappa shape index (κ1) is 20.8. The quantitative estimate of drug-likeness (QED) is 0.141. The number of furan rings is 1. The molecule has 0 aliphatic heterocycles. The van der Waals surface area contributed by atoms with E-state index >= 15 is 0 Å². The molecule has 0 unspecified atom stereocenters. The summed E-state index contributed by atoms with van der Waals surface area (Å²) >= 11 is 0. The van der Waals surface area contributed by atoms with Crippen molar-refractivity contribution < 1.29 is 26.3 Å². The van der Waals surface area contributed by atoms with Crippen LogP contribution in [0.5, 0.6) is 0 Å². The van der Waals surface area contributed by atoms with Crippen molar-refractivity contribution in [3.63, 3.8) is 0 Å². The smallest absolute Gasteiger partial charge is 0.135 e. The van der Waals surface area contributed by atoms with E-state index < -0.39 is 48.3 Å². The molecular weight excluding hydrogens is 689 g/mol. The molecule has 0 radical (unpaired) electrons. The van der Waals surface area contributed by atoms with Crippen LogP contribution in [0.3, 0.4) is 0 Å². The fourth-order valence-corrected chi connectivity index (χ4v) is 8.47. The molecule has 0 amide bonds. The largest absolute Gasteiger partial charge is 0.456 e. The second-order valence-electron chi connectivity index (χ2n) is 14.3. The Balaban J connectivity index is 1.17. The van der Waals surface area contributed by atoms with Crippen LogP contribution in [0.2, 0.25) is 0 Å². The summed E-state index contributed by atoms with van der Waals surface area (Å²) in [7, 11) is 0. The number of benzene rings is 10. The Morgan fingerprint density at radius 1 is 0.333 bits per heavy atom. The van der Waals surface area contributed by atoms with E-state index in [0.29, 0.717) is 44.2 Å². The maximum absolute atomic E-state index is 9.40. The minimum atomic E-state index is -0.496. The van der Waals surface area contributed by atoms with Crippen molar-refractivity contribution in [3.05, 3.63) is 238 Å². The molecule has 57 heavy (non-hydrogen) atoms. The molecule has 11 aromatic rings. The van der Waals surface area contributed by atoms with E-state index in [2.05, 4.69) is 0 Å². The summed E-state index contributed by atoms with van der Waals surface area (Å²) < 4.78 is 152. The maximum Gasteiger partial charge on any atom is 0.135 e. The first-order chi connectivity index (χ1) is 34.9. The second-order valence-corrected chi connectivity index (χ2v) is 14.3. The lowest BCUT2D eigenvalue weighted by Gasteiger charge is -2.18. The first-order valence-corrected chi connectivity index (χ1v) is 18.8. The van der Waals surface area contributed by atoms with E-state index in [1.165, 1.54) is 0 Å². The third-order valence-electron chi connectivity index (χ3n) is 11.0. The standard InChI is InChI=1S/C56H40O/c1-3-16-37(17-4-1)32-49-41-21-7-9-23-43(41)51(44-24-10-8-22-42(44)49)34-39-30-31-54-53(35-39)56-40(20-15-29-55(56)57-54)36-52-47-27-13-11-25-45(47)50(33-38-18-5-2-6-19-38)46-26-12-14-28-48(46)52/h1-31,35H,32-34,36H2/i7D,8D,9D,10D,11D,12D,13D,14D,21D,22D,23D,24D,25D,26D,27D,28D. The molecule has 270 valence electrons. The minimum absolute atomic E-state index is 0.0435. The summed E-state index contributed by atoms with van der Waals surface area (Å²) in [5.41, 5.74) is 4.92. The Labute approximate surface area is 354 Å². The molecule has 1 heterocycles. The third-order valence-corrected chi connectivity index (χ3v) is 11.0. The molecule has 0 atom stereocenters. The average molecular weight is 745 g/mol. The van der Waals surface area contributed by atoms with Gasteiger partial charge in [0.05, 0.1) is 21.9 Å². The Kier molecular flexibility index (Phi) is 5.10. The SMILES string of the molecule is [2H]c1c([2H])c([2H])c2c(Cc3ccc4oc5cccc(Cc6c7c([2H])c([2H])c([2H])c([2H])c7c(Cc7ccccc7)c7c([2H])c([2H])c([2H])c([2H])c67)c5c4c3)c3c([2H])c([2H])c([2H])c([2H])c3c(Cc3ccccc3)c2c1[2H]. The molecule has 0 spiro atoms. The van der Waals surface area contributed by atoms with Gasteiger partial charge in [0.2, 0.25) is 0 Å². The van der Waals surface area contributed by atoms with Crippen LogP contribution in [0.1, 0.15) is 66.4 Å². The highest BCUT2D eigenvalue weighted by atomic mass is 16.3. The predicted molar refractivity (Wildman–Crippen MR) is 241 cm³/mol. The van der Waals surface area contributed by atoms with E-state index in [4.69, 9.17) is 15.4 Å². The monoisotopic (exact) mass is 744 g/mol. The Morgan fingerprint density at radius 2 is 0.737 bits per heavy atom. The van der Waals surface area contributed by atoms with Gasteiger partial charge in [0, 0.05) is 10.8 Å². The number of hydrogen-bond acceptors (Lipinski definition) is 1. The van der Waals surface area contributed by atoms with Crippen LogP contribution >= 0.6 is 0 Å². The molecule has 0 N–H and O–H groups in total. The fraction of sp³-hybridized carbons (Fsp3) is 0.0714. The molecule has 1 nitrogen and oxygen atoms in total. The fourth-order valence-electron chi connectivity index (χ4n) is 8.47. The van der Waals surface area contributed by atoms with Crippen molar-refractivity contribution in [1.29, 1.82) is 0 Å². The lowest BCUT2D eigenvalue weighted by atomic mass is 9.86. The van der Waals surface area contributed by atoms with Gasteiger partial charge in [-0.05, 0) is 131 Å². The van der Waals surface area contributed by atoms with E-state index in [0.717, 1.165) is 11.1 Å². The van der Waals surface area contributed by atoms with Crippen LogP contribution in [0.4, 0.5) is 0 Å². The highest BCUT2D eigenvalue weighted by Gasteiger charge is 2.19. The molecule has 0 saturated carbocycles. The van der Waals surface area contributed by atoms with Crippen molar-refractivity contribution in [2.75, 3.05) is 0 Å². The van der Waals surface area contributed by atoms with Gasteiger partial charge < -0.3 is 4.42 Å². The van der Waals surface area contributed by atoms with Gasteiger partial charge in [-0.15, -0.1) is 0 Å². The van der Waals surface area contributed by atoms with Crippen LogP contribution in [0, 0.1) is 0 Å². The highest BCUT2D eigenvalue weighted by Crippen LogP contribution is 2.40. The van der Waals surface area contributed by atoms with E-state index in [9.17, 15) is 11.0 Å². The molecule has 0 bridgehead atoms.